The summed E-state index contributed by atoms with van der Waals surface area (Å²) in [5, 5.41) is 0. The minimum Gasteiger partial charge on any atom is -0.341 e. The van der Waals surface area contributed by atoms with E-state index in [1.807, 2.05) is 17.0 Å². The molecule has 0 spiro atoms. The molecule has 1 aliphatic carbocycles. The highest BCUT2D eigenvalue weighted by Crippen LogP contribution is 2.49. The topological polar surface area (TPSA) is 46.3 Å². The van der Waals surface area contributed by atoms with Crippen LogP contribution in [-0.4, -0.2) is 29.9 Å². The summed E-state index contributed by atoms with van der Waals surface area (Å²) in [4.78, 5) is 14.2. The van der Waals surface area contributed by atoms with Crippen molar-refractivity contribution in [3.8, 4) is 0 Å². The first-order chi connectivity index (χ1) is 8.65. The molecule has 0 aromatic heterocycles. The molecule has 2 unspecified atom stereocenters. The minimum absolute atomic E-state index is 0. The zero-order valence-electron chi connectivity index (χ0n) is 10.6. The van der Waals surface area contributed by atoms with Gasteiger partial charge in [-0.1, -0.05) is 28.1 Å². The Labute approximate surface area is 128 Å². The van der Waals surface area contributed by atoms with Crippen molar-refractivity contribution in [1.29, 1.82) is 0 Å². The number of carbonyl (C=O) groups excluding carboxylic acids is 1. The zero-order chi connectivity index (χ0) is 12.7. The first kappa shape index (κ1) is 14.8. The van der Waals surface area contributed by atoms with Crippen LogP contribution in [0.4, 0.5) is 0 Å². The lowest BCUT2D eigenvalue weighted by molar-refractivity contribution is -0.131. The highest BCUT2D eigenvalue weighted by atomic mass is 79.9. The van der Waals surface area contributed by atoms with E-state index in [4.69, 9.17) is 5.73 Å². The average Bonchev–Trinajstić information content (AvgIpc) is 3.04. The molecule has 3 atom stereocenters. The van der Waals surface area contributed by atoms with Crippen LogP contribution in [0.3, 0.4) is 0 Å². The van der Waals surface area contributed by atoms with Crippen LogP contribution in [0.15, 0.2) is 28.7 Å². The van der Waals surface area contributed by atoms with Gasteiger partial charge in [-0.3, -0.25) is 4.79 Å². The van der Waals surface area contributed by atoms with Gasteiger partial charge in [-0.15, -0.1) is 12.4 Å². The molecular weight excluding hydrogens is 328 g/mol. The summed E-state index contributed by atoms with van der Waals surface area (Å²) < 4.78 is 1.08. The molecule has 2 aliphatic rings. The molecule has 5 heteroatoms. The van der Waals surface area contributed by atoms with E-state index in [1.54, 1.807) is 0 Å². The fourth-order valence-electron chi connectivity index (χ4n) is 2.80. The smallest absolute Gasteiger partial charge is 0.226 e. The Morgan fingerprint density at radius 1 is 1.42 bits per heavy atom. The monoisotopic (exact) mass is 344 g/mol. The van der Waals surface area contributed by atoms with Gasteiger partial charge in [0.15, 0.2) is 0 Å². The van der Waals surface area contributed by atoms with Gasteiger partial charge in [0.2, 0.25) is 5.91 Å². The Morgan fingerprint density at radius 2 is 2.21 bits per heavy atom. The van der Waals surface area contributed by atoms with E-state index >= 15 is 0 Å². The third-order valence-electron chi connectivity index (χ3n) is 3.92. The van der Waals surface area contributed by atoms with Gasteiger partial charge < -0.3 is 10.6 Å². The molecule has 104 valence electrons. The molecule has 1 heterocycles. The van der Waals surface area contributed by atoms with Crippen molar-refractivity contribution in [1.82, 2.24) is 4.90 Å². The van der Waals surface area contributed by atoms with E-state index in [0.29, 0.717) is 11.8 Å². The Kier molecular flexibility index (Phi) is 4.54. The summed E-state index contributed by atoms with van der Waals surface area (Å²) in [6.07, 6.45) is 1.93. The highest BCUT2D eigenvalue weighted by molar-refractivity contribution is 9.10. The molecule has 1 aliphatic heterocycles. The molecule has 1 saturated heterocycles. The average molecular weight is 346 g/mol. The van der Waals surface area contributed by atoms with Gasteiger partial charge in [-0.2, -0.15) is 0 Å². The Morgan fingerprint density at radius 3 is 2.84 bits per heavy atom. The molecule has 1 aromatic rings. The van der Waals surface area contributed by atoms with Crippen LogP contribution in [0.5, 0.6) is 0 Å². The third kappa shape index (κ3) is 3.12. The molecular formula is C14H18BrClN2O. The summed E-state index contributed by atoms with van der Waals surface area (Å²) in [6, 6.07) is 8.45. The molecule has 2 fully saturated rings. The molecule has 3 rings (SSSR count). The van der Waals surface area contributed by atoms with Crippen molar-refractivity contribution in [3.05, 3.63) is 34.3 Å². The van der Waals surface area contributed by atoms with E-state index in [9.17, 15) is 4.79 Å². The van der Waals surface area contributed by atoms with Gasteiger partial charge in [0.25, 0.3) is 0 Å². The van der Waals surface area contributed by atoms with Crippen molar-refractivity contribution in [3.63, 3.8) is 0 Å². The number of halogens is 2. The molecule has 3 nitrogen and oxygen atoms in total. The molecule has 2 N–H and O–H groups in total. The van der Waals surface area contributed by atoms with Gasteiger partial charge in [0.05, 0.1) is 0 Å². The van der Waals surface area contributed by atoms with Gasteiger partial charge in [0.1, 0.15) is 0 Å². The van der Waals surface area contributed by atoms with Gasteiger partial charge in [-0.05, 0) is 36.5 Å². The van der Waals surface area contributed by atoms with Crippen molar-refractivity contribution in [2.45, 2.75) is 24.8 Å². The zero-order valence-corrected chi connectivity index (χ0v) is 13.0. The predicted molar refractivity (Wildman–Crippen MR) is 81.4 cm³/mol. The van der Waals surface area contributed by atoms with Crippen LogP contribution in [-0.2, 0) is 4.79 Å². The van der Waals surface area contributed by atoms with Crippen LogP contribution >= 0.6 is 28.3 Å². The lowest BCUT2D eigenvalue weighted by Crippen LogP contribution is -2.33. The number of hydrogen-bond acceptors (Lipinski definition) is 2. The van der Waals surface area contributed by atoms with Gasteiger partial charge >= 0.3 is 0 Å². The number of amides is 1. The van der Waals surface area contributed by atoms with E-state index in [-0.39, 0.29) is 24.4 Å². The van der Waals surface area contributed by atoms with Crippen LogP contribution < -0.4 is 5.73 Å². The third-order valence-corrected chi connectivity index (χ3v) is 4.41. The van der Waals surface area contributed by atoms with E-state index < -0.39 is 0 Å². The number of benzene rings is 1. The van der Waals surface area contributed by atoms with Gasteiger partial charge in [0, 0.05) is 29.5 Å². The SMILES string of the molecule is Cl.N[C@@H]1CCN(C(=O)C2CC2c2cccc(Br)c2)C1. The van der Waals surface area contributed by atoms with Crippen molar-refractivity contribution < 1.29 is 4.79 Å². The van der Waals surface area contributed by atoms with Crippen LogP contribution in [0.2, 0.25) is 0 Å². The number of likely N-dealkylation sites (tertiary alicyclic amines) is 1. The molecule has 1 aromatic carbocycles. The maximum Gasteiger partial charge on any atom is 0.226 e. The summed E-state index contributed by atoms with van der Waals surface area (Å²) in [6.45, 7) is 1.57. The quantitative estimate of drug-likeness (QED) is 0.895. The Hall–Kier alpha value is -0.580. The van der Waals surface area contributed by atoms with Crippen LogP contribution in [0, 0.1) is 5.92 Å². The number of hydrogen-bond donors (Lipinski definition) is 1. The summed E-state index contributed by atoms with van der Waals surface area (Å²) in [7, 11) is 0. The lowest BCUT2D eigenvalue weighted by Gasteiger charge is -2.15. The first-order valence-electron chi connectivity index (χ1n) is 6.45. The molecule has 19 heavy (non-hydrogen) atoms. The maximum absolute atomic E-state index is 12.3. The summed E-state index contributed by atoms with van der Waals surface area (Å²) >= 11 is 3.48. The Bertz CT molecular complexity index is 482. The van der Waals surface area contributed by atoms with Crippen molar-refractivity contribution in [2.24, 2.45) is 11.7 Å². The number of carbonyl (C=O) groups is 1. The van der Waals surface area contributed by atoms with Crippen LogP contribution in [0.25, 0.3) is 0 Å². The lowest BCUT2D eigenvalue weighted by atomic mass is 10.1. The predicted octanol–water partition coefficient (Wildman–Crippen LogP) is 2.53. The normalized spacial score (nSPS) is 28.9. The molecule has 0 bridgehead atoms. The highest BCUT2D eigenvalue weighted by Gasteiger charge is 2.46. The number of nitrogens with two attached hydrogens (primary N) is 1. The van der Waals surface area contributed by atoms with Crippen molar-refractivity contribution in [2.75, 3.05) is 13.1 Å². The second kappa shape index (κ2) is 5.81. The van der Waals surface area contributed by atoms with E-state index in [0.717, 1.165) is 30.4 Å². The minimum atomic E-state index is 0. The maximum atomic E-state index is 12.3. The molecule has 0 radical (unpaired) electrons. The number of nitrogens with zero attached hydrogens (tertiary/aromatic N) is 1. The summed E-state index contributed by atoms with van der Waals surface area (Å²) in [5.74, 6) is 0.893. The number of rotatable bonds is 2. The second-order valence-electron chi connectivity index (χ2n) is 5.34. The summed E-state index contributed by atoms with van der Waals surface area (Å²) in [5.41, 5.74) is 7.12. The van der Waals surface area contributed by atoms with Gasteiger partial charge in [-0.25, -0.2) is 0 Å². The first-order valence-corrected chi connectivity index (χ1v) is 7.24. The molecule has 1 amide bonds. The second-order valence-corrected chi connectivity index (χ2v) is 6.25. The van der Waals surface area contributed by atoms with E-state index in [1.165, 1.54) is 5.56 Å². The molecule has 1 saturated carbocycles. The fraction of sp³-hybridized carbons (Fsp3) is 0.500. The fourth-order valence-corrected chi connectivity index (χ4v) is 3.21. The largest absolute Gasteiger partial charge is 0.341 e. The van der Waals surface area contributed by atoms with E-state index in [2.05, 4.69) is 28.1 Å². The van der Waals surface area contributed by atoms with Crippen LogP contribution in [0.1, 0.15) is 24.3 Å². The van der Waals surface area contributed by atoms with Crippen molar-refractivity contribution >= 4 is 34.2 Å². The standard InChI is InChI=1S/C14H17BrN2O.ClH/c15-10-3-1-2-9(6-10)12-7-13(12)14(18)17-5-4-11(16)8-17;/h1-3,6,11-13H,4-5,7-8,16H2;1H/t11-,12?,13?;/m1./s1. The Balaban J connectivity index is 0.00000133.